The molecule has 0 aliphatic heterocycles. The summed E-state index contributed by atoms with van der Waals surface area (Å²) in [5.74, 6) is -0.399. The molecule has 0 spiro atoms. The first-order valence-corrected chi connectivity index (χ1v) is 7.99. The van der Waals surface area contributed by atoms with E-state index in [-0.39, 0.29) is 16.3 Å². The number of nitrogens with zero attached hydrogens (tertiary/aromatic N) is 3. The Morgan fingerprint density at radius 1 is 1.25 bits per heavy atom. The van der Waals surface area contributed by atoms with Gasteiger partial charge in [0.25, 0.3) is 11.5 Å². The topological polar surface area (TPSA) is 75.8 Å². The average molecular weight is 406 g/mol. The van der Waals surface area contributed by atoms with Crippen LogP contribution in [0, 0.1) is 0 Å². The molecule has 0 bridgehead atoms. The highest BCUT2D eigenvalue weighted by Crippen LogP contribution is 2.11. The van der Waals surface area contributed by atoms with Gasteiger partial charge >= 0.3 is 0 Å². The van der Waals surface area contributed by atoms with Crippen molar-refractivity contribution in [3.8, 4) is 0 Å². The first kappa shape index (κ1) is 16.4. The maximum atomic E-state index is 12.4. The standard InChI is InChI=1S/C16H10BrClN4O2/c17-11-6-4-10(5-7-11)15(23)21-19-9-12-14(18)20-13-3-1-2-8-22(13)16(12)24/h1-9H,(H,21,23)/b19-9+. The van der Waals surface area contributed by atoms with Gasteiger partial charge in [-0.25, -0.2) is 10.4 Å². The van der Waals surface area contributed by atoms with Crippen LogP contribution < -0.4 is 11.0 Å². The molecule has 0 aliphatic rings. The molecular formula is C16H10BrClN4O2. The minimum absolute atomic E-state index is 0.0211. The Hall–Kier alpha value is -2.51. The Morgan fingerprint density at radius 2 is 2.00 bits per heavy atom. The van der Waals surface area contributed by atoms with Crippen LogP contribution in [-0.4, -0.2) is 21.5 Å². The number of hydrogen-bond acceptors (Lipinski definition) is 4. The Kier molecular flexibility index (Phi) is 4.73. The highest BCUT2D eigenvalue weighted by atomic mass is 79.9. The largest absolute Gasteiger partial charge is 0.271 e. The Morgan fingerprint density at radius 3 is 2.75 bits per heavy atom. The zero-order valence-corrected chi connectivity index (χ0v) is 14.5. The van der Waals surface area contributed by atoms with Gasteiger partial charge in [0, 0.05) is 16.2 Å². The van der Waals surface area contributed by atoms with Gasteiger partial charge in [-0.2, -0.15) is 5.10 Å². The van der Waals surface area contributed by atoms with E-state index in [1.807, 2.05) is 0 Å². The molecule has 1 amide bonds. The normalized spacial score (nSPS) is 11.1. The molecule has 1 N–H and O–H groups in total. The number of benzene rings is 1. The molecule has 2 heterocycles. The quantitative estimate of drug-likeness (QED) is 0.413. The SMILES string of the molecule is O=C(N/N=C/c1c(Cl)nc2ccccn2c1=O)c1ccc(Br)cc1. The monoisotopic (exact) mass is 404 g/mol. The van der Waals surface area contributed by atoms with Gasteiger partial charge in [0.1, 0.15) is 10.8 Å². The van der Waals surface area contributed by atoms with Crippen molar-refractivity contribution in [2.75, 3.05) is 0 Å². The zero-order valence-electron chi connectivity index (χ0n) is 12.1. The van der Waals surface area contributed by atoms with Crippen molar-refractivity contribution in [3.63, 3.8) is 0 Å². The first-order valence-electron chi connectivity index (χ1n) is 6.82. The first-order chi connectivity index (χ1) is 11.6. The molecule has 120 valence electrons. The fourth-order valence-corrected chi connectivity index (χ4v) is 2.49. The van der Waals surface area contributed by atoms with Gasteiger partial charge in [0.2, 0.25) is 0 Å². The minimum Gasteiger partial charge on any atom is -0.268 e. The summed E-state index contributed by atoms with van der Waals surface area (Å²) >= 11 is 9.32. The molecule has 0 radical (unpaired) electrons. The van der Waals surface area contributed by atoms with E-state index < -0.39 is 5.91 Å². The van der Waals surface area contributed by atoms with Crippen LogP contribution in [0.25, 0.3) is 5.65 Å². The number of pyridine rings is 1. The van der Waals surface area contributed by atoms with E-state index in [9.17, 15) is 9.59 Å². The molecule has 6 nitrogen and oxygen atoms in total. The molecular weight excluding hydrogens is 396 g/mol. The second kappa shape index (κ2) is 6.94. The maximum absolute atomic E-state index is 12.4. The Bertz CT molecular complexity index is 999. The zero-order chi connectivity index (χ0) is 17.1. The van der Waals surface area contributed by atoms with Crippen LogP contribution in [0.15, 0.2) is 63.0 Å². The van der Waals surface area contributed by atoms with E-state index in [1.54, 1.807) is 48.7 Å². The van der Waals surface area contributed by atoms with Crippen LogP contribution in [0.4, 0.5) is 0 Å². The summed E-state index contributed by atoms with van der Waals surface area (Å²) in [6, 6.07) is 11.9. The van der Waals surface area contributed by atoms with Gasteiger partial charge in [-0.05, 0) is 36.4 Å². The van der Waals surface area contributed by atoms with Crippen LogP contribution in [0.3, 0.4) is 0 Å². The summed E-state index contributed by atoms with van der Waals surface area (Å²) in [5.41, 5.74) is 2.95. The molecule has 0 aliphatic carbocycles. The van der Waals surface area contributed by atoms with E-state index in [1.165, 1.54) is 10.6 Å². The predicted molar refractivity (Wildman–Crippen MR) is 95.7 cm³/mol. The molecule has 1 aromatic carbocycles. The van der Waals surface area contributed by atoms with Crippen molar-refractivity contribution in [1.29, 1.82) is 0 Å². The molecule has 0 saturated carbocycles. The van der Waals surface area contributed by atoms with Gasteiger partial charge in [-0.15, -0.1) is 0 Å². The van der Waals surface area contributed by atoms with Crippen molar-refractivity contribution in [2.45, 2.75) is 0 Å². The maximum Gasteiger partial charge on any atom is 0.271 e. The number of fused-ring (bicyclic) bond motifs is 1. The lowest BCUT2D eigenvalue weighted by molar-refractivity contribution is 0.0955. The lowest BCUT2D eigenvalue weighted by Gasteiger charge is -2.03. The van der Waals surface area contributed by atoms with Gasteiger partial charge < -0.3 is 0 Å². The number of carbonyl (C=O) groups excluding carboxylic acids is 1. The van der Waals surface area contributed by atoms with Gasteiger partial charge in [0.15, 0.2) is 0 Å². The number of hydrogen-bond donors (Lipinski definition) is 1. The summed E-state index contributed by atoms with van der Waals surface area (Å²) in [6.07, 6.45) is 2.77. The van der Waals surface area contributed by atoms with E-state index >= 15 is 0 Å². The number of aromatic nitrogens is 2. The molecule has 0 unspecified atom stereocenters. The fraction of sp³-hybridized carbons (Fsp3) is 0. The number of rotatable bonds is 3. The van der Waals surface area contributed by atoms with Crippen molar-refractivity contribution < 1.29 is 4.79 Å². The number of carbonyl (C=O) groups is 1. The highest BCUT2D eigenvalue weighted by molar-refractivity contribution is 9.10. The van der Waals surface area contributed by atoms with Crippen molar-refractivity contribution in [2.24, 2.45) is 5.10 Å². The third-order valence-corrected chi connectivity index (χ3v) is 4.01. The molecule has 2 aromatic heterocycles. The van der Waals surface area contributed by atoms with Crippen molar-refractivity contribution in [1.82, 2.24) is 14.8 Å². The van der Waals surface area contributed by atoms with Crippen LogP contribution in [-0.2, 0) is 0 Å². The number of nitrogens with one attached hydrogen (secondary N) is 1. The van der Waals surface area contributed by atoms with Crippen molar-refractivity contribution in [3.05, 3.63) is 79.8 Å². The molecule has 3 aromatic rings. The number of halogens is 2. The Labute approximate surface area is 149 Å². The molecule has 8 heteroatoms. The van der Waals surface area contributed by atoms with Gasteiger partial charge in [-0.3, -0.25) is 14.0 Å². The summed E-state index contributed by atoms with van der Waals surface area (Å²) < 4.78 is 2.22. The third kappa shape index (κ3) is 3.37. The number of hydrazone groups is 1. The fourth-order valence-electron chi connectivity index (χ4n) is 2.01. The molecule has 24 heavy (non-hydrogen) atoms. The second-order valence-electron chi connectivity index (χ2n) is 4.76. The predicted octanol–water partition coefficient (Wildman–Crippen LogP) is 2.87. The molecule has 3 rings (SSSR count). The molecule has 0 fully saturated rings. The summed E-state index contributed by atoms with van der Waals surface area (Å²) in [4.78, 5) is 28.4. The van der Waals surface area contributed by atoms with Crippen molar-refractivity contribution >= 4 is 45.3 Å². The lowest BCUT2D eigenvalue weighted by atomic mass is 10.2. The third-order valence-electron chi connectivity index (χ3n) is 3.19. The van der Waals surface area contributed by atoms with Crippen LogP contribution in [0.2, 0.25) is 5.15 Å². The Balaban J connectivity index is 1.84. The smallest absolute Gasteiger partial charge is 0.268 e. The van der Waals surface area contributed by atoms with Crippen LogP contribution in [0.1, 0.15) is 15.9 Å². The highest BCUT2D eigenvalue weighted by Gasteiger charge is 2.09. The average Bonchev–Trinajstić information content (AvgIpc) is 2.58. The number of amides is 1. The van der Waals surface area contributed by atoms with Crippen LogP contribution >= 0.6 is 27.5 Å². The lowest BCUT2D eigenvalue weighted by Crippen LogP contribution is -2.22. The van der Waals surface area contributed by atoms with E-state index in [2.05, 4.69) is 31.4 Å². The minimum atomic E-state index is -0.399. The van der Waals surface area contributed by atoms with E-state index in [4.69, 9.17) is 11.6 Å². The summed E-state index contributed by atoms with van der Waals surface area (Å²) in [6.45, 7) is 0. The second-order valence-corrected chi connectivity index (χ2v) is 6.03. The summed E-state index contributed by atoms with van der Waals surface area (Å²) in [5, 5.41) is 3.82. The molecule has 0 saturated heterocycles. The van der Waals surface area contributed by atoms with E-state index in [0.717, 1.165) is 4.47 Å². The van der Waals surface area contributed by atoms with Gasteiger partial charge in [0.05, 0.1) is 11.8 Å². The van der Waals surface area contributed by atoms with E-state index in [0.29, 0.717) is 11.2 Å². The molecule has 0 atom stereocenters. The summed E-state index contributed by atoms with van der Waals surface area (Å²) in [7, 11) is 0. The van der Waals surface area contributed by atoms with Gasteiger partial charge in [-0.1, -0.05) is 33.6 Å². The van der Waals surface area contributed by atoms with Crippen LogP contribution in [0.5, 0.6) is 0 Å².